The van der Waals surface area contributed by atoms with E-state index >= 15 is 0 Å². The zero-order chi connectivity index (χ0) is 26.4. The molecule has 0 saturated heterocycles. The molecule has 1 amide bonds. The number of halogens is 2. The second-order valence-corrected chi connectivity index (χ2v) is 8.59. The SMILES string of the molecule is CC.N#Cc1ccc(Cl)c(F)c1-c1ccc(C(CC2CC2)C(=O)Nc2ccc(C(=O)O)cc2)[n+](O)c1. The van der Waals surface area contributed by atoms with Crippen molar-refractivity contribution in [2.24, 2.45) is 5.92 Å². The summed E-state index contributed by atoms with van der Waals surface area (Å²) in [4.78, 5) is 24.2. The molecule has 0 bridgehead atoms. The molecule has 3 N–H and O–H groups in total. The summed E-state index contributed by atoms with van der Waals surface area (Å²) < 4.78 is 15.5. The lowest BCUT2D eigenvalue weighted by atomic mass is 9.94. The number of carboxylic acid groups (broad SMARTS) is 1. The summed E-state index contributed by atoms with van der Waals surface area (Å²) >= 11 is 5.88. The molecule has 9 heteroatoms. The van der Waals surface area contributed by atoms with Crippen molar-refractivity contribution in [1.82, 2.24) is 0 Å². The topological polar surface area (TPSA) is 114 Å². The average molecular weight is 511 g/mol. The summed E-state index contributed by atoms with van der Waals surface area (Å²) in [6.45, 7) is 4.00. The second-order valence-electron chi connectivity index (χ2n) is 8.19. The Morgan fingerprint density at radius 3 is 2.39 bits per heavy atom. The molecule has 1 aliphatic rings. The molecule has 1 aliphatic carbocycles. The number of carbonyl (C=O) groups is 2. The van der Waals surface area contributed by atoms with Crippen molar-refractivity contribution in [3.63, 3.8) is 0 Å². The molecular formula is C27H26ClFN3O4+. The highest BCUT2D eigenvalue weighted by Crippen LogP contribution is 2.39. The van der Waals surface area contributed by atoms with E-state index in [0.29, 0.717) is 23.7 Å². The summed E-state index contributed by atoms with van der Waals surface area (Å²) in [5.41, 5.74) is 1.09. The molecule has 0 aliphatic heterocycles. The molecule has 3 aromatic rings. The van der Waals surface area contributed by atoms with Gasteiger partial charge in [-0.25, -0.2) is 9.18 Å². The van der Waals surface area contributed by atoms with Gasteiger partial charge in [-0.1, -0.05) is 38.3 Å². The molecule has 1 saturated carbocycles. The predicted octanol–water partition coefficient (Wildman–Crippen LogP) is 5.79. The first kappa shape index (κ1) is 26.6. The standard InChI is InChI=1S/C25H19ClFN3O4.C2H6/c26-20-9-5-16(12-28)22(23(20)27)17-6-10-21(30(34)13-17)19(11-14-1-2-14)24(31)29-18-7-3-15(4-8-18)25(32)33;1-2/h3-10,13-14,19H,1-2,11H2,(H2-,29,31,32,33,34);1-2H3/p+1. The van der Waals surface area contributed by atoms with Gasteiger partial charge in [0.05, 0.1) is 27.8 Å². The van der Waals surface area contributed by atoms with E-state index in [4.69, 9.17) is 16.7 Å². The van der Waals surface area contributed by atoms with E-state index in [9.17, 15) is 24.4 Å². The van der Waals surface area contributed by atoms with Crippen LogP contribution in [0.4, 0.5) is 10.1 Å². The number of rotatable bonds is 7. The van der Waals surface area contributed by atoms with Crippen LogP contribution >= 0.6 is 11.6 Å². The first-order valence-corrected chi connectivity index (χ1v) is 11.9. The number of nitriles is 1. The molecule has 1 fully saturated rings. The zero-order valence-corrected chi connectivity index (χ0v) is 20.6. The first-order chi connectivity index (χ1) is 17.3. The van der Waals surface area contributed by atoms with Crippen LogP contribution in [0.15, 0.2) is 54.7 Å². The number of pyridine rings is 1. The molecule has 186 valence electrons. The van der Waals surface area contributed by atoms with Crippen LogP contribution in [-0.4, -0.2) is 22.2 Å². The van der Waals surface area contributed by atoms with Crippen LogP contribution in [0.5, 0.6) is 0 Å². The fraction of sp³-hybridized carbons (Fsp3) is 0.259. The number of aromatic carboxylic acids is 1. The van der Waals surface area contributed by atoms with Gasteiger partial charge in [-0.05, 0) is 54.8 Å². The van der Waals surface area contributed by atoms with Crippen LogP contribution in [0.25, 0.3) is 11.1 Å². The molecule has 1 atom stereocenters. The van der Waals surface area contributed by atoms with Crippen molar-refractivity contribution in [2.75, 3.05) is 5.32 Å². The second kappa shape index (κ2) is 11.6. The van der Waals surface area contributed by atoms with Gasteiger partial charge in [0.2, 0.25) is 17.8 Å². The van der Waals surface area contributed by atoms with Crippen LogP contribution < -0.4 is 10.0 Å². The summed E-state index contributed by atoms with van der Waals surface area (Å²) in [6, 6.07) is 13.4. The van der Waals surface area contributed by atoms with Gasteiger partial charge >= 0.3 is 5.97 Å². The molecule has 0 spiro atoms. The number of nitrogens with one attached hydrogen (secondary N) is 1. The number of carboxylic acids is 1. The van der Waals surface area contributed by atoms with E-state index < -0.39 is 17.7 Å². The fourth-order valence-electron chi connectivity index (χ4n) is 3.83. The fourth-order valence-corrected chi connectivity index (χ4v) is 3.98. The van der Waals surface area contributed by atoms with Gasteiger partial charge in [-0.3, -0.25) is 10.0 Å². The third-order valence-corrected chi connectivity index (χ3v) is 6.09. The molecule has 7 nitrogen and oxygen atoms in total. The van der Waals surface area contributed by atoms with E-state index in [1.807, 2.05) is 19.9 Å². The summed E-state index contributed by atoms with van der Waals surface area (Å²) in [7, 11) is 0. The summed E-state index contributed by atoms with van der Waals surface area (Å²) in [5.74, 6) is -2.56. The maximum Gasteiger partial charge on any atom is 0.335 e. The zero-order valence-electron chi connectivity index (χ0n) is 19.8. The maximum absolute atomic E-state index is 14.7. The Labute approximate surface area is 213 Å². The van der Waals surface area contributed by atoms with Crippen LogP contribution in [0.3, 0.4) is 0 Å². The van der Waals surface area contributed by atoms with E-state index in [1.165, 1.54) is 54.7 Å². The quantitative estimate of drug-likeness (QED) is 0.275. The summed E-state index contributed by atoms with van der Waals surface area (Å²) in [5, 5.41) is 31.7. The summed E-state index contributed by atoms with van der Waals surface area (Å²) in [6.07, 6.45) is 3.73. The average Bonchev–Trinajstić information content (AvgIpc) is 3.70. The predicted molar refractivity (Wildman–Crippen MR) is 132 cm³/mol. The highest BCUT2D eigenvalue weighted by Gasteiger charge is 2.36. The largest absolute Gasteiger partial charge is 0.478 e. The third kappa shape index (κ3) is 5.99. The van der Waals surface area contributed by atoms with Gasteiger partial charge in [-0.15, -0.1) is 0 Å². The van der Waals surface area contributed by atoms with Gasteiger partial charge in [0.1, 0.15) is 5.92 Å². The van der Waals surface area contributed by atoms with E-state index in [-0.39, 0.29) is 33.2 Å². The number of aromatic nitrogens is 1. The first-order valence-electron chi connectivity index (χ1n) is 11.6. The van der Waals surface area contributed by atoms with Gasteiger partial charge in [0.15, 0.2) is 5.82 Å². The minimum Gasteiger partial charge on any atom is -0.478 e. The van der Waals surface area contributed by atoms with Gasteiger partial charge in [0.25, 0.3) is 0 Å². The Hall–Kier alpha value is -3.96. The minimum absolute atomic E-state index is 0.0361. The Morgan fingerprint density at radius 2 is 1.83 bits per heavy atom. The minimum atomic E-state index is -1.07. The van der Waals surface area contributed by atoms with Crippen LogP contribution in [0.1, 0.15) is 60.6 Å². The van der Waals surface area contributed by atoms with Crippen molar-refractivity contribution >= 4 is 29.2 Å². The molecule has 2 aromatic carbocycles. The molecule has 4 rings (SSSR count). The van der Waals surface area contributed by atoms with Crippen molar-refractivity contribution in [3.05, 3.63) is 82.4 Å². The Balaban J connectivity index is 0.00000176. The number of nitrogens with zero attached hydrogens (tertiary/aromatic N) is 2. The molecule has 1 heterocycles. The monoisotopic (exact) mass is 510 g/mol. The van der Waals surface area contributed by atoms with Crippen molar-refractivity contribution in [3.8, 4) is 17.2 Å². The van der Waals surface area contributed by atoms with Gasteiger partial charge in [-0.2, -0.15) is 5.26 Å². The molecule has 0 radical (unpaired) electrons. The van der Waals surface area contributed by atoms with Crippen LogP contribution in [0.2, 0.25) is 5.02 Å². The number of anilines is 1. The van der Waals surface area contributed by atoms with Crippen LogP contribution in [-0.2, 0) is 4.79 Å². The van der Waals surface area contributed by atoms with Crippen molar-refractivity contribution in [1.29, 1.82) is 5.26 Å². The maximum atomic E-state index is 14.7. The smallest absolute Gasteiger partial charge is 0.335 e. The lowest BCUT2D eigenvalue weighted by Gasteiger charge is -2.14. The van der Waals surface area contributed by atoms with Gasteiger partial charge in [0, 0.05) is 22.0 Å². The number of hydrogen-bond acceptors (Lipinski definition) is 4. The Bertz CT molecular complexity index is 1320. The van der Waals surface area contributed by atoms with E-state index in [1.54, 1.807) is 0 Å². The molecule has 36 heavy (non-hydrogen) atoms. The number of amides is 1. The number of benzene rings is 2. The lowest BCUT2D eigenvalue weighted by Crippen LogP contribution is -2.40. The highest BCUT2D eigenvalue weighted by atomic mass is 35.5. The number of hydrogen-bond donors (Lipinski definition) is 3. The van der Waals surface area contributed by atoms with Gasteiger partial charge < -0.3 is 10.4 Å². The van der Waals surface area contributed by atoms with E-state index in [2.05, 4.69) is 5.32 Å². The molecule has 1 unspecified atom stereocenters. The van der Waals surface area contributed by atoms with Crippen molar-refractivity contribution in [2.45, 2.75) is 39.0 Å². The third-order valence-electron chi connectivity index (χ3n) is 5.80. The Kier molecular flexibility index (Phi) is 8.62. The Morgan fingerprint density at radius 1 is 1.17 bits per heavy atom. The normalized spacial score (nSPS) is 13.1. The highest BCUT2D eigenvalue weighted by molar-refractivity contribution is 6.31. The lowest BCUT2D eigenvalue weighted by molar-refractivity contribution is -0.909. The number of carbonyl (C=O) groups excluding carboxylic acids is 1. The van der Waals surface area contributed by atoms with Crippen molar-refractivity contribution < 1.29 is 29.0 Å². The van der Waals surface area contributed by atoms with Crippen LogP contribution in [0, 0.1) is 23.1 Å². The van der Waals surface area contributed by atoms with E-state index in [0.717, 1.165) is 17.6 Å². The molecular weight excluding hydrogens is 485 g/mol. The molecule has 1 aromatic heterocycles.